The van der Waals surface area contributed by atoms with E-state index in [-0.39, 0.29) is 23.7 Å². The van der Waals surface area contributed by atoms with Gasteiger partial charge in [-0.1, -0.05) is 60.7 Å². The highest BCUT2D eigenvalue weighted by Crippen LogP contribution is 2.27. The zero-order valence-electron chi connectivity index (χ0n) is 18.8. The van der Waals surface area contributed by atoms with Crippen LogP contribution in [0, 0.1) is 5.92 Å². The first-order chi connectivity index (χ1) is 16.1. The Hall–Kier alpha value is -3.41. The van der Waals surface area contributed by atoms with E-state index in [0.29, 0.717) is 44.6 Å². The van der Waals surface area contributed by atoms with E-state index < -0.39 is 6.10 Å². The topological polar surface area (TPSA) is 66.9 Å². The lowest BCUT2D eigenvalue weighted by molar-refractivity contribution is -0.165. The Bertz CT molecular complexity index is 976. The van der Waals surface area contributed by atoms with Gasteiger partial charge in [-0.05, 0) is 37.3 Å². The molecule has 0 N–H and O–H groups in total. The molecule has 2 heterocycles. The van der Waals surface area contributed by atoms with Crippen LogP contribution in [-0.2, 0) is 19.1 Å². The highest BCUT2D eigenvalue weighted by molar-refractivity contribution is 5.92. The second-order valence-electron chi connectivity index (χ2n) is 8.60. The molecular weight excluding hydrogens is 416 g/mol. The molecule has 0 spiro atoms. The summed E-state index contributed by atoms with van der Waals surface area (Å²) in [5.41, 5.74) is 1.67. The molecule has 33 heavy (non-hydrogen) atoms. The summed E-state index contributed by atoms with van der Waals surface area (Å²) < 4.78 is 5.80. The zero-order chi connectivity index (χ0) is 23.0. The number of likely N-dealkylation sites (tertiary alicyclic amines) is 2. The van der Waals surface area contributed by atoms with Gasteiger partial charge < -0.3 is 14.5 Å². The van der Waals surface area contributed by atoms with Crippen molar-refractivity contribution < 1.29 is 19.1 Å². The number of hydrogen-bond acceptors (Lipinski definition) is 4. The van der Waals surface area contributed by atoms with Gasteiger partial charge in [-0.25, -0.2) is 0 Å². The highest BCUT2D eigenvalue weighted by Gasteiger charge is 2.34. The largest absolute Gasteiger partial charge is 0.447 e. The molecule has 2 aliphatic heterocycles. The Morgan fingerprint density at radius 1 is 0.818 bits per heavy atom. The molecule has 6 heteroatoms. The first-order valence-corrected chi connectivity index (χ1v) is 11.7. The molecule has 6 nitrogen and oxygen atoms in total. The van der Waals surface area contributed by atoms with E-state index in [1.165, 1.54) is 0 Å². The molecule has 0 bridgehead atoms. The lowest BCUT2D eigenvalue weighted by Gasteiger charge is -2.31. The van der Waals surface area contributed by atoms with E-state index in [2.05, 4.69) is 0 Å². The summed E-state index contributed by atoms with van der Waals surface area (Å²) in [6, 6.07) is 18.9. The molecule has 1 unspecified atom stereocenters. The SMILES string of the molecule is O=C(OC(C(=O)N1CCCC1)c1ccccc1)C1CCN(C(=O)/C=C/c2ccccc2)CC1. The van der Waals surface area contributed by atoms with Crippen molar-refractivity contribution in [1.29, 1.82) is 0 Å². The Balaban J connectivity index is 1.34. The molecule has 4 rings (SSSR count). The van der Waals surface area contributed by atoms with Gasteiger partial charge >= 0.3 is 5.97 Å². The monoisotopic (exact) mass is 446 g/mol. The molecule has 2 aromatic carbocycles. The number of piperidine rings is 1. The van der Waals surface area contributed by atoms with E-state index in [9.17, 15) is 14.4 Å². The molecule has 0 aliphatic carbocycles. The molecule has 1 atom stereocenters. The number of ether oxygens (including phenoxy) is 1. The van der Waals surface area contributed by atoms with Gasteiger partial charge in [-0.2, -0.15) is 0 Å². The maximum absolute atomic E-state index is 13.1. The first kappa shape index (κ1) is 22.8. The standard InChI is InChI=1S/C27H30N2O4/c30-24(14-13-21-9-3-1-4-10-21)28-19-15-23(16-20-28)27(32)33-25(22-11-5-2-6-12-22)26(31)29-17-7-8-18-29/h1-6,9-14,23,25H,7-8,15-20H2/b14-13+. The Labute approximate surface area is 194 Å². The molecule has 2 amide bonds. The van der Waals surface area contributed by atoms with E-state index in [1.54, 1.807) is 22.0 Å². The highest BCUT2D eigenvalue weighted by atomic mass is 16.5. The van der Waals surface area contributed by atoms with Crippen LogP contribution in [0.4, 0.5) is 0 Å². The molecule has 2 aliphatic rings. The van der Waals surface area contributed by atoms with Gasteiger partial charge in [0, 0.05) is 37.8 Å². The molecular formula is C27H30N2O4. The van der Waals surface area contributed by atoms with Crippen LogP contribution < -0.4 is 0 Å². The van der Waals surface area contributed by atoms with E-state index in [0.717, 1.165) is 18.4 Å². The normalized spacial score (nSPS) is 17.8. The third-order valence-electron chi connectivity index (χ3n) is 6.34. The smallest absolute Gasteiger partial charge is 0.310 e. The first-order valence-electron chi connectivity index (χ1n) is 11.7. The number of carbonyl (C=O) groups is 3. The number of hydrogen-bond donors (Lipinski definition) is 0. The lowest BCUT2D eigenvalue weighted by atomic mass is 9.96. The minimum absolute atomic E-state index is 0.0583. The van der Waals surface area contributed by atoms with Crippen molar-refractivity contribution in [3.05, 3.63) is 77.9 Å². The average molecular weight is 447 g/mol. The minimum atomic E-state index is -0.912. The molecule has 172 valence electrons. The van der Waals surface area contributed by atoms with Gasteiger partial charge in [-0.3, -0.25) is 14.4 Å². The Morgan fingerprint density at radius 3 is 2.06 bits per heavy atom. The van der Waals surface area contributed by atoms with Crippen LogP contribution >= 0.6 is 0 Å². The summed E-state index contributed by atoms with van der Waals surface area (Å²) in [7, 11) is 0. The molecule has 0 radical (unpaired) electrons. The summed E-state index contributed by atoms with van der Waals surface area (Å²) in [5, 5.41) is 0. The van der Waals surface area contributed by atoms with E-state index in [1.807, 2.05) is 60.7 Å². The lowest BCUT2D eigenvalue weighted by Crippen LogP contribution is -2.41. The van der Waals surface area contributed by atoms with Gasteiger partial charge in [0.25, 0.3) is 5.91 Å². The fourth-order valence-corrected chi connectivity index (χ4v) is 4.38. The number of rotatable bonds is 6. The molecule has 2 fully saturated rings. The summed E-state index contributed by atoms with van der Waals surface area (Å²) >= 11 is 0. The van der Waals surface area contributed by atoms with Crippen molar-refractivity contribution in [1.82, 2.24) is 9.80 Å². The van der Waals surface area contributed by atoms with Crippen LogP contribution in [0.2, 0.25) is 0 Å². The van der Waals surface area contributed by atoms with Crippen LogP contribution in [0.25, 0.3) is 6.08 Å². The zero-order valence-corrected chi connectivity index (χ0v) is 18.8. The fraction of sp³-hybridized carbons (Fsp3) is 0.370. The van der Waals surface area contributed by atoms with Crippen LogP contribution in [0.5, 0.6) is 0 Å². The predicted molar refractivity (Wildman–Crippen MR) is 126 cm³/mol. The van der Waals surface area contributed by atoms with E-state index >= 15 is 0 Å². The summed E-state index contributed by atoms with van der Waals surface area (Å²) in [6.07, 6.45) is 5.49. The van der Waals surface area contributed by atoms with Crippen LogP contribution in [-0.4, -0.2) is 53.8 Å². The summed E-state index contributed by atoms with van der Waals surface area (Å²) in [4.78, 5) is 42.1. The van der Waals surface area contributed by atoms with Crippen molar-refractivity contribution in [2.24, 2.45) is 5.92 Å². The summed E-state index contributed by atoms with van der Waals surface area (Å²) in [5.74, 6) is -0.879. The second kappa shape index (κ2) is 10.9. The predicted octanol–water partition coefficient (Wildman–Crippen LogP) is 3.85. The molecule has 0 saturated carbocycles. The maximum Gasteiger partial charge on any atom is 0.310 e. The molecule has 2 aromatic rings. The number of benzene rings is 2. The van der Waals surface area contributed by atoms with E-state index in [4.69, 9.17) is 4.74 Å². The fourth-order valence-electron chi connectivity index (χ4n) is 4.38. The third-order valence-corrected chi connectivity index (χ3v) is 6.34. The Morgan fingerprint density at radius 2 is 1.42 bits per heavy atom. The van der Waals surface area contributed by atoms with Crippen molar-refractivity contribution in [3.63, 3.8) is 0 Å². The van der Waals surface area contributed by atoms with Crippen LogP contribution in [0.15, 0.2) is 66.7 Å². The molecule has 0 aromatic heterocycles. The van der Waals surface area contributed by atoms with Crippen molar-refractivity contribution >= 4 is 23.9 Å². The van der Waals surface area contributed by atoms with Gasteiger partial charge in [0.15, 0.2) is 0 Å². The minimum Gasteiger partial charge on any atom is -0.447 e. The number of amides is 2. The van der Waals surface area contributed by atoms with Crippen LogP contribution in [0.3, 0.4) is 0 Å². The van der Waals surface area contributed by atoms with Crippen molar-refractivity contribution in [3.8, 4) is 0 Å². The number of esters is 1. The molecule has 2 saturated heterocycles. The van der Waals surface area contributed by atoms with Gasteiger partial charge in [0.05, 0.1) is 5.92 Å². The second-order valence-corrected chi connectivity index (χ2v) is 8.60. The number of carbonyl (C=O) groups excluding carboxylic acids is 3. The third kappa shape index (κ3) is 5.89. The van der Waals surface area contributed by atoms with Gasteiger partial charge in [0.1, 0.15) is 0 Å². The average Bonchev–Trinajstić information content (AvgIpc) is 3.42. The summed E-state index contributed by atoms with van der Waals surface area (Å²) in [6.45, 7) is 2.40. The Kier molecular flexibility index (Phi) is 7.55. The van der Waals surface area contributed by atoms with Gasteiger partial charge in [-0.15, -0.1) is 0 Å². The maximum atomic E-state index is 13.1. The van der Waals surface area contributed by atoms with Gasteiger partial charge in [0.2, 0.25) is 12.0 Å². The number of nitrogens with zero attached hydrogens (tertiary/aromatic N) is 2. The van der Waals surface area contributed by atoms with Crippen LogP contribution in [0.1, 0.15) is 42.9 Å². The van der Waals surface area contributed by atoms with Crippen molar-refractivity contribution in [2.75, 3.05) is 26.2 Å². The quantitative estimate of drug-likeness (QED) is 0.499. The van der Waals surface area contributed by atoms with Crippen molar-refractivity contribution in [2.45, 2.75) is 31.8 Å².